The van der Waals surface area contributed by atoms with Crippen LogP contribution in [-0.4, -0.2) is 41.2 Å². The van der Waals surface area contributed by atoms with Gasteiger partial charge in [0.1, 0.15) is 5.75 Å². The van der Waals surface area contributed by atoms with Gasteiger partial charge in [-0.3, -0.25) is 4.79 Å². The number of hydrogen-bond acceptors (Lipinski definition) is 3. The Morgan fingerprint density at radius 2 is 2.26 bits per heavy atom. The van der Waals surface area contributed by atoms with Crippen LogP contribution >= 0.6 is 11.6 Å². The smallest absolute Gasteiger partial charge is 0.255 e. The molecule has 1 aromatic rings. The molecule has 2 aliphatic rings. The average molecular weight is 282 g/mol. The summed E-state index contributed by atoms with van der Waals surface area (Å²) in [4.78, 5) is 14.4. The minimum atomic E-state index is -0.110. The van der Waals surface area contributed by atoms with Gasteiger partial charge in [0.2, 0.25) is 0 Å². The predicted molar refractivity (Wildman–Crippen MR) is 71.5 cm³/mol. The van der Waals surface area contributed by atoms with Crippen LogP contribution in [0.4, 0.5) is 0 Å². The molecule has 2 atom stereocenters. The van der Waals surface area contributed by atoms with Crippen molar-refractivity contribution in [2.24, 2.45) is 0 Å². The van der Waals surface area contributed by atoms with Crippen LogP contribution in [0.3, 0.4) is 0 Å². The Balaban J connectivity index is 1.88. The van der Waals surface area contributed by atoms with Crippen LogP contribution in [0.15, 0.2) is 18.2 Å². The van der Waals surface area contributed by atoms with E-state index >= 15 is 0 Å². The Morgan fingerprint density at radius 3 is 3.11 bits per heavy atom. The number of amides is 1. The summed E-state index contributed by atoms with van der Waals surface area (Å²) in [5.41, 5.74) is 0.370. The van der Waals surface area contributed by atoms with Crippen LogP contribution in [-0.2, 0) is 4.74 Å². The first-order valence-electron chi connectivity index (χ1n) is 6.58. The van der Waals surface area contributed by atoms with Gasteiger partial charge < -0.3 is 14.7 Å². The second-order valence-corrected chi connectivity index (χ2v) is 5.48. The maximum atomic E-state index is 12.6. The molecule has 1 amide bonds. The maximum Gasteiger partial charge on any atom is 0.255 e. The lowest BCUT2D eigenvalue weighted by Crippen LogP contribution is -2.51. The van der Waals surface area contributed by atoms with E-state index in [0.717, 1.165) is 19.3 Å². The number of hydrogen-bond donors (Lipinski definition) is 1. The number of aromatic hydroxyl groups is 1. The molecule has 1 N–H and O–H groups in total. The van der Waals surface area contributed by atoms with Gasteiger partial charge in [0.05, 0.1) is 29.3 Å². The van der Waals surface area contributed by atoms with E-state index in [0.29, 0.717) is 23.7 Å². The van der Waals surface area contributed by atoms with Crippen molar-refractivity contribution in [1.29, 1.82) is 0 Å². The molecular formula is C14H16ClNO3. The van der Waals surface area contributed by atoms with Crippen molar-refractivity contribution in [3.8, 4) is 5.75 Å². The first-order valence-corrected chi connectivity index (χ1v) is 6.95. The van der Waals surface area contributed by atoms with Crippen LogP contribution in [0.5, 0.6) is 5.75 Å². The van der Waals surface area contributed by atoms with Gasteiger partial charge >= 0.3 is 0 Å². The molecule has 3 rings (SSSR count). The molecule has 1 saturated heterocycles. The molecule has 0 spiro atoms. The highest BCUT2D eigenvalue weighted by atomic mass is 35.5. The van der Waals surface area contributed by atoms with E-state index < -0.39 is 0 Å². The number of rotatable bonds is 1. The topological polar surface area (TPSA) is 49.8 Å². The van der Waals surface area contributed by atoms with Crippen molar-refractivity contribution < 1.29 is 14.6 Å². The number of phenolic OH excluding ortho intramolecular Hbond substituents is 1. The van der Waals surface area contributed by atoms with Gasteiger partial charge in [-0.15, -0.1) is 0 Å². The molecule has 0 bridgehead atoms. The fourth-order valence-electron chi connectivity index (χ4n) is 3.01. The number of carbonyl (C=O) groups is 1. The third-order valence-corrected chi connectivity index (χ3v) is 4.25. The van der Waals surface area contributed by atoms with Crippen LogP contribution in [0.1, 0.15) is 29.6 Å². The van der Waals surface area contributed by atoms with Crippen LogP contribution < -0.4 is 0 Å². The first-order chi connectivity index (χ1) is 9.16. The van der Waals surface area contributed by atoms with Crippen LogP contribution in [0, 0.1) is 0 Å². The van der Waals surface area contributed by atoms with Gasteiger partial charge in [0.15, 0.2) is 0 Å². The molecule has 2 fully saturated rings. The molecule has 1 aliphatic carbocycles. The van der Waals surface area contributed by atoms with E-state index in [-0.39, 0.29) is 23.8 Å². The minimum absolute atomic E-state index is 0.0592. The highest BCUT2D eigenvalue weighted by molar-refractivity contribution is 6.33. The molecule has 4 nitrogen and oxygen atoms in total. The maximum absolute atomic E-state index is 12.6. The van der Waals surface area contributed by atoms with Gasteiger partial charge in [-0.2, -0.15) is 0 Å². The third kappa shape index (κ3) is 2.30. The molecule has 2 unspecified atom stereocenters. The van der Waals surface area contributed by atoms with E-state index in [4.69, 9.17) is 16.3 Å². The van der Waals surface area contributed by atoms with Crippen molar-refractivity contribution in [3.63, 3.8) is 0 Å². The number of carbonyl (C=O) groups excluding carboxylic acids is 1. The summed E-state index contributed by atoms with van der Waals surface area (Å²) in [7, 11) is 0. The minimum Gasteiger partial charge on any atom is -0.508 e. The van der Waals surface area contributed by atoms with Crippen molar-refractivity contribution in [3.05, 3.63) is 28.8 Å². The van der Waals surface area contributed by atoms with Crippen molar-refractivity contribution in [2.75, 3.05) is 13.2 Å². The number of phenols is 1. The van der Waals surface area contributed by atoms with E-state index in [1.807, 2.05) is 4.90 Å². The van der Waals surface area contributed by atoms with Gasteiger partial charge in [-0.1, -0.05) is 11.6 Å². The number of halogens is 1. The highest BCUT2D eigenvalue weighted by Crippen LogP contribution is 2.32. The summed E-state index contributed by atoms with van der Waals surface area (Å²) in [5.74, 6) is -0.0509. The van der Waals surface area contributed by atoms with Gasteiger partial charge in [-0.25, -0.2) is 0 Å². The molecular weight excluding hydrogens is 266 g/mol. The summed E-state index contributed by atoms with van der Waals surface area (Å²) in [5, 5.41) is 9.90. The zero-order chi connectivity index (χ0) is 13.4. The third-order valence-electron chi connectivity index (χ3n) is 3.92. The summed E-state index contributed by atoms with van der Waals surface area (Å²) in [6.45, 7) is 1.16. The quantitative estimate of drug-likeness (QED) is 0.860. The highest BCUT2D eigenvalue weighted by Gasteiger charge is 2.39. The standard InChI is InChI=1S/C14H16ClNO3/c15-11-5-4-9(17)8-10(11)14(18)16-6-7-19-13-3-1-2-12(13)16/h4-5,8,12-13,17H,1-3,6-7H2. The number of fused-ring (bicyclic) bond motifs is 1. The number of benzene rings is 1. The normalized spacial score (nSPS) is 26.3. The summed E-state index contributed by atoms with van der Waals surface area (Å²) < 4.78 is 5.70. The van der Waals surface area contributed by atoms with E-state index in [1.54, 1.807) is 6.07 Å². The van der Waals surface area contributed by atoms with E-state index in [2.05, 4.69) is 0 Å². The fourth-order valence-corrected chi connectivity index (χ4v) is 3.21. The Morgan fingerprint density at radius 1 is 1.42 bits per heavy atom. The van der Waals surface area contributed by atoms with Gasteiger partial charge in [0.25, 0.3) is 5.91 Å². The molecule has 1 aliphatic heterocycles. The van der Waals surface area contributed by atoms with Crippen molar-refractivity contribution in [1.82, 2.24) is 4.90 Å². The molecule has 102 valence electrons. The monoisotopic (exact) mass is 281 g/mol. The zero-order valence-corrected chi connectivity index (χ0v) is 11.3. The zero-order valence-electron chi connectivity index (χ0n) is 10.5. The summed E-state index contributed by atoms with van der Waals surface area (Å²) in [6, 6.07) is 4.62. The molecule has 0 aromatic heterocycles. The SMILES string of the molecule is O=C(c1cc(O)ccc1Cl)N1CCOC2CCCC21. The largest absolute Gasteiger partial charge is 0.508 e. The first kappa shape index (κ1) is 12.8. The van der Waals surface area contributed by atoms with Gasteiger partial charge in [0, 0.05) is 6.54 Å². The van der Waals surface area contributed by atoms with Crippen molar-refractivity contribution in [2.45, 2.75) is 31.4 Å². The van der Waals surface area contributed by atoms with Crippen LogP contribution in [0.2, 0.25) is 5.02 Å². The lowest BCUT2D eigenvalue weighted by molar-refractivity contribution is -0.0445. The molecule has 19 heavy (non-hydrogen) atoms. The van der Waals surface area contributed by atoms with E-state index in [9.17, 15) is 9.90 Å². The second kappa shape index (κ2) is 5.02. The van der Waals surface area contributed by atoms with E-state index in [1.165, 1.54) is 12.1 Å². The molecule has 0 radical (unpaired) electrons. The molecule has 1 heterocycles. The fraction of sp³-hybridized carbons (Fsp3) is 0.500. The number of morpholine rings is 1. The number of nitrogens with zero attached hydrogens (tertiary/aromatic N) is 1. The lowest BCUT2D eigenvalue weighted by Gasteiger charge is -2.37. The average Bonchev–Trinajstić information content (AvgIpc) is 2.89. The molecule has 1 saturated carbocycles. The number of ether oxygens (including phenoxy) is 1. The Bertz CT molecular complexity index is 505. The van der Waals surface area contributed by atoms with Crippen molar-refractivity contribution >= 4 is 17.5 Å². The Kier molecular flexibility index (Phi) is 3.37. The Hall–Kier alpha value is -1.26. The Labute approximate surface area is 116 Å². The summed E-state index contributed by atoms with van der Waals surface area (Å²) >= 11 is 6.06. The van der Waals surface area contributed by atoms with Gasteiger partial charge in [-0.05, 0) is 37.5 Å². The molecule has 1 aromatic carbocycles. The molecule has 5 heteroatoms. The van der Waals surface area contributed by atoms with Crippen LogP contribution in [0.25, 0.3) is 0 Å². The second-order valence-electron chi connectivity index (χ2n) is 5.07. The lowest BCUT2D eigenvalue weighted by atomic mass is 10.1. The summed E-state index contributed by atoms with van der Waals surface area (Å²) in [6.07, 6.45) is 3.25. The predicted octanol–water partition coefficient (Wildman–Crippen LogP) is 2.44.